The molecule has 9 heteroatoms. The van der Waals surface area contributed by atoms with Gasteiger partial charge in [0.2, 0.25) is 6.17 Å². The van der Waals surface area contributed by atoms with Gasteiger partial charge in [-0.25, -0.2) is 9.48 Å². The summed E-state index contributed by atoms with van der Waals surface area (Å²) in [6, 6.07) is 11.7. The summed E-state index contributed by atoms with van der Waals surface area (Å²) in [6.07, 6.45) is -1.22. The molecule has 0 aliphatic heterocycles. The third-order valence-electron chi connectivity index (χ3n) is 3.59. The number of hydrogen-bond donors (Lipinski definition) is 1. The first-order valence-electron chi connectivity index (χ1n) is 7.74. The predicted molar refractivity (Wildman–Crippen MR) is 97.1 cm³/mol. The number of nitrogens with one attached hydrogen (secondary N) is 1. The van der Waals surface area contributed by atoms with Gasteiger partial charge in [-0.3, -0.25) is 4.79 Å². The second-order valence-electron chi connectivity index (χ2n) is 5.25. The summed E-state index contributed by atoms with van der Waals surface area (Å²) in [4.78, 5) is 25.1. The molecule has 3 aromatic rings. The topological polar surface area (TPSA) is 86.1 Å². The van der Waals surface area contributed by atoms with Crippen LogP contribution in [0.3, 0.4) is 0 Å². The van der Waals surface area contributed by atoms with Gasteiger partial charge in [0.15, 0.2) is 0 Å². The fraction of sp³-hybridized carbons (Fsp3) is 0.176. The molecule has 0 bridgehead atoms. The van der Waals surface area contributed by atoms with Crippen LogP contribution in [0, 0.1) is 0 Å². The average Bonchev–Trinajstić information content (AvgIpc) is 3.03. The maximum atomic E-state index is 12.7. The number of ether oxygens (including phenoxy) is 1. The predicted octanol–water partition coefficient (Wildman–Crippen LogP) is 3.23. The van der Waals surface area contributed by atoms with E-state index >= 15 is 0 Å². The van der Waals surface area contributed by atoms with E-state index in [4.69, 9.17) is 27.9 Å². The van der Waals surface area contributed by atoms with E-state index in [0.29, 0.717) is 11.0 Å². The molecule has 3 rings (SSSR count). The Balaban J connectivity index is 2.00. The molecule has 7 nitrogen and oxygen atoms in total. The Morgan fingerprint density at radius 2 is 1.85 bits per heavy atom. The normalized spacial score (nSPS) is 12.0. The lowest BCUT2D eigenvalue weighted by Gasteiger charge is -2.18. The first kappa shape index (κ1) is 18.2. The van der Waals surface area contributed by atoms with Crippen LogP contribution < -0.4 is 5.32 Å². The number of para-hydroxylation sites is 1. The molecule has 0 radical (unpaired) electrons. The Kier molecular flexibility index (Phi) is 5.39. The van der Waals surface area contributed by atoms with Gasteiger partial charge in [0.05, 0.1) is 27.7 Å². The van der Waals surface area contributed by atoms with Gasteiger partial charge in [0, 0.05) is 0 Å². The zero-order valence-electron chi connectivity index (χ0n) is 13.6. The Bertz CT molecular complexity index is 953. The Labute approximate surface area is 158 Å². The van der Waals surface area contributed by atoms with Gasteiger partial charge in [-0.1, -0.05) is 46.6 Å². The molecule has 134 valence electrons. The monoisotopic (exact) mass is 392 g/mol. The number of amides is 1. The number of benzene rings is 2. The zero-order valence-corrected chi connectivity index (χ0v) is 15.2. The van der Waals surface area contributed by atoms with Gasteiger partial charge in [-0.15, -0.1) is 5.10 Å². The van der Waals surface area contributed by atoms with Crippen LogP contribution in [0.1, 0.15) is 23.4 Å². The smallest absolute Gasteiger partial charge is 0.351 e. The first-order chi connectivity index (χ1) is 12.5. The molecule has 26 heavy (non-hydrogen) atoms. The molecular weight excluding hydrogens is 379 g/mol. The van der Waals surface area contributed by atoms with Crippen LogP contribution in [0.4, 0.5) is 0 Å². The summed E-state index contributed by atoms with van der Waals surface area (Å²) >= 11 is 12.1. The molecule has 0 aliphatic carbocycles. The molecule has 0 saturated carbocycles. The van der Waals surface area contributed by atoms with Crippen LogP contribution >= 0.6 is 23.2 Å². The lowest BCUT2D eigenvalue weighted by Crippen LogP contribution is -2.39. The fourth-order valence-corrected chi connectivity index (χ4v) is 3.00. The van der Waals surface area contributed by atoms with Crippen molar-refractivity contribution in [2.75, 3.05) is 6.61 Å². The minimum Gasteiger partial charge on any atom is -0.463 e. The number of halogens is 2. The number of esters is 1. The minimum absolute atomic E-state index is 0.0644. The van der Waals surface area contributed by atoms with Crippen molar-refractivity contribution in [2.24, 2.45) is 0 Å². The van der Waals surface area contributed by atoms with E-state index in [2.05, 4.69) is 15.6 Å². The molecule has 0 spiro atoms. The molecule has 0 aliphatic rings. The molecule has 1 amide bonds. The first-order valence-corrected chi connectivity index (χ1v) is 8.50. The molecule has 0 fully saturated rings. The van der Waals surface area contributed by atoms with E-state index in [-0.39, 0.29) is 22.2 Å². The fourth-order valence-electron chi connectivity index (χ4n) is 2.43. The summed E-state index contributed by atoms with van der Waals surface area (Å²) in [7, 11) is 0. The SMILES string of the molecule is CCOC(=O)C(NC(=O)c1c(Cl)cccc1Cl)n1nnc2ccccc21. The van der Waals surface area contributed by atoms with E-state index in [9.17, 15) is 9.59 Å². The molecule has 1 aromatic heterocycles. The van der Waals surface area contributed by atoms with Crippen LogP contribution in [0.25, 0.3) is 11.0 Å². The maximum Gasteiger partial charge on any atom is 0.351 e. The van der Waals surface area contributed by atoms with E-state index in [1.165, 1.54) is 16.8 Å². The van der Waals surface area contributed by atoms with Gasteiger partial charge in [-0.2, -0.15) is 0 Å². The molecule has 1 N–H and O–H groups in total. The van der Waals surface area contributed by atoms with Crippen LogP contribution in [-0.4, -0.2) is 33.5 Å². The number of fused-ring (bicyclic) bond motifs is 1. The van der Waals surface area contributed by atoms with Crippen molar-refractivity contribution in [1.29, 1.82) is 0 Å². The molecule has 0 saturated heterocycles. The molecule has 1 atom stereocenters. The summed E-state index contributed by atoms with van der Waals surface area (Å²) in [6.45, 7) is 1.81. The molecule has 1 unspecified atom stereocenters. The lowest BCUT2D eigenvalue weighted by atomic mass is 10.2. The third-order valence-corrected chi connectivity index (χ3v) is 4.22. The summed E-state index contributed by atoms with van der Waals surface area (Å²) < 4.78 is 6.35. The Morgan fingerprint density at radius 1 is 1.15 bits per heavy atom. The number of carbonyl (C=O) groups is 2. The van der Waals surface area contributed by atoms with E-state index in [0.717, 1.165) is 0 Å². The van der Waals surface area contributed by atoms with Crippen molar-refractivity contribution in [2.45, 2.75) is 13.1 Å². The number of carbonyl (C=O) groups excluding carboxylic acids is 2. The quantitative estimate of drug-likeness (QED) is 0.673. The van der Waals surface area contributed by atoms with Crippen LogP contribution in [0.5, 0.6) is 0 Å². The summed E-state index contributed by atoms with van der Waals surface area (Å²) in [5.74, 6) is -1.31. The minimum atomic E-state index is -1.22. The highest BCUT2D eigenvalue weighted by atomic mass is 35.5. The maximum absolute atomic E-state index is 12.7. The van der Waals surface area contributed by atoms with E-state index in [1.807, 2.05) is 0 Å². The third kappa shape index (κ3) is 3.49. The molecule has 2 aromatic carbocycles. The number of nitrogens with zero attached hydrogens (tertiary/aromatic N) is 3. The van der Waals surface area contributed by atoms with Crippen molar-refractivity contribution in [3.05, 3.63) is 58.1 Å². The highest BCUT2D eigenvalue weighted by Crippen LogP contribution is 2.25. The highest BCUT2D eigenvalue weighted by Gasteiger charge is 2.28. The summed E-state index contributed by atoms with van der Waals surface area (Å²) in [5.41, 5.74) is 1.21. The van der Waals surface area contributed by atoms with Crippen LogP contribution in [0.15, 0.2) is 42.5 Å². The number of aromatic nitrogens is 3. The van der Waals surface area contributed by atoms with Crippen LogP contribution in [0.2, 0.25) is 10.0 Å². The van der Waals surface area contributed by atoms with Gasteiger partial charge in [-0.05, 0) is 31.2 Å². The van der Waals surface area contributed by atoms with Crippen LogP contribution in [-0.2, 0) is 9.53 Å². The molecule has 1 heterocycles. The summed E-state index contributed by atoms with van der Waals surface area (Å²) in [5, 5.41) is 10.9. The van der Waals surface area contributed by atoms with E-state index < -0.39 is 18.0 Å². The number of rotatable bonds is 5. The largest absolute Gasteiger partial charge is 0.463 e. The highest BCUT2D eigenvalue weighted by molar-refractivity contribution is 6.39. The zero-order chi connectivity index (χ0) is 18.7. The van der Waals surface area contributed by atoms with Crippen molar-refractivity contribution in [3.8, 4) is 0 Å². The van der Waals surface area contributed by atoms with Gasteiger partial charge in [0.25, 0.3) is 5.91 Å². The van der Waals surface area contributed by atoms with Crippen molar-refractivity contribution < 1.29 is 14.3 Å². The second kappa shape index (κ2) is 7.72. The van der Waals surface area contributed by atoms with Crippen molar-refractivity contribution in [1.82, 2.24) is 20.3 Å². The number of hydrogen-bond acceptors (Lipinski definition) is 5. The van der Waals surface area contributed by atoms with Gasteiger partial charge in [0.1, 0.15) is 5.52 Å². The second-order valence-corrected chi connectivity index (χ2v) is 6.06. The van der Waals surface area contributed by atoms with Gasteiger partial charge >= 0.3 is 5.97 Å². The Morgan fingerprint density at radius 3 is 2.54 bits per heavy atom. The van der Waals surface area contributed by atoms with Crippen molar-refractivity contribution in [3.63, 3.8) is 0 Å². The van der Waals surface area contributed by atoms with E-state index in [1.54, 1.807) is 37.3 Å². The average molecular weight is 393 g/mol. The Hall–Kier alpha value is -2.64. The van der Waals surface area contributed by atoms with Gasteiger partial charge < -0.3 is 10.1 Å². The van der Waals surface area contributed by atoms with Crippen molar-refractivity contribution >= 4 is 46.1 Å². The molecular formula is C17H14Cl2N4O3. The standard InChI is InChI=1S/C17H14Cl2N4O3/c1-2-26-17(25)15(23-13-9-4-3-8-12(13)21-22-23)20-16(24)14-10(18)6-5-7-11(14)19/h3-9,15H,2H2,1H3,(H,20,24). The lowest BCUT2D eigenvalue weighted by molar-refractivity contribution is -0.148.